The number of amides is 1. The van der Waals surface area contributed by atoms with Crippen molar-refractivity contribution >= 4 is 11.8 Å². The van der Waals surface area contributed by atoms with E-state index < -0.39 is 17.3 Å². The van der Waals surface area contributed by atoms with Gasteiger partial charge in [-0.2, -0.15) is 0 Å². The molecule has 2 atom stereocenters. The number of rotatable bonds is 8. The fraction of sp³-hybridized carbons (Fsp3) is 0.586. The Morgan fingerprint density at radius 1 is 1.11 bits per heavy atom. The molecule has 0 spiro atoms. The molecule has 2 aromatic rings. The Morgan fingerprint density at radius 3 is 2.40 bits per heavy atom. The van der Waals surface area contributed by atoms with Crippen LogP contribution in [0.5, 0.6) is 5.75 Å². The second kappa shape index (κ2) is 8.72. The minimum Gasteiger partial charge on any atom is -0.507 e. The highest BCUT2D eigenvalue weighted by molar-refractivity contribution is 5.85. The molecule has 1 heterocycles. The summed E-state index contributed by atoms with van der Waals surface area (Å²) in [6.07, 6.45) is 7.24. The highest BCUT2D eigenvalue weighted by atomic mass is 16.6. The zero-order valence-electron chi connectivity index (χ0n) is 21.2. The molecule has 2 N–H and O–H groups in total. The molecule has 2 unspecified atom stereocenters. The summed E-state index contributed by atoms with van der Waals surface area (Å²) in [4.78, 5) is 25.7. The van der Waals surface area contributed by atoms with Gasteiger partial charge in [-0.25, -0.2) is 9.59 Å². The summed E-state index contributed by atoms with van der Waals surface area (Å²) in [6.45, 7) is 7.65. The van der Waals surface area contributed by atoms with Crippen LogP contribution in [0.3, 0.4) is 0 Å². The molecule has 0 aliphatic heterocycles. The van der Waals surface area contributed by atoms with Crippen molar-refractivity contribution in [3.05, 3.63) is 57.6 Å². The smallest absolute Gasteiger partial charge is 0.412 e. The Kier molecular flexibility index (Phi) is 5.97. The number of aromatic hydroxyl groups is 1. The summed E-state index contributed by atoms with van der Waals surface area (Å²) in [7, 11) is 0. The number of benzene rings is 1. The van der Waals surface area contributed by atoms with Crippen LogP contribution in [0, 0.1) is 17.8 Å². The van der Waals surface area contributed by atoms with E-state index in [2.05, 4.69) is 12.2 Å². The minimum atomic E-state index is -0.598. The van der Waals surface area contributed by atoms with E-state index in [9.17, 15) is 14.7 Å². The number of nitrogens with one attached hydrogen (secondary N) is 1. The Morgan fingerprint density at radius 2 is 1.83 bits per heavy atom. The van der Waals surface area contributed by atoms with Gasteiger partial charge in [0.05, 0.1) is 5.56 Å². The van der Waals surface area contributed by atoms with E-state index in [1.165, 1.54) is 12.8 Å². The van der Waals surface area contributed by atoms with Gasteiger partial charge >= 0.3 is 11.7 Å². The van der Waals surface area contributed by atoms with Crippen LogP contribution in [-0.4, -0.2) is 16.8 Å². The van der Waals surface area contributed by atoms with Gasteiger partial charge in [0.1, 0.15) is 17.1 Å². The summed E-state index contributed by atoms with van der Waals surface area (Å²) < 4.78 is 11.4. The number of carbonyl (C=O) groups excluding carboxylic acids is 1. The van der Waals surface area contributed by atoms with Crippen LogP contribution in [0.15, 0.2) is 39.5 Å². The van der Waals surface area contributed by atoms with Crippen LogP contribution in [-0.2, 0) is 10.2 Å². The monoisotopic (exact) mass is 479 g/mol. The molecular weight excluding hydrogens is 442 g/mol. The number of carbonyl (C=O) groups is 1. The van der Waals surface area contributed by atoms with Gasteiger partial charge in [-0.1, -0.05) is 31.9 Å². The molecule has 1 aromatic heterocycles. The van der Waals surface area contributed by atoms with Gasteiger partial charge in [0, 0.05) is 23.1 Å². The average Bonchev–Trinajstić information content (AvgIpc) is 3.58. The lowest BCUT2D eigenvalue weighted by atomic mass is 9.76. The van der Waals surface area contributed by atoms with Gasteiger partial charge < -0.3 is 14.3 Å². The third-order valence-electron chi connectivity index (χ3n) is 7.71. The first kappa shape index (κ1) is 24.0. The maximum Gasteiger partial charge on any atom is 0.412 e. The second-order valence-electron chi connectivity index (χ2n) is 12.1. The van der Waals surface area contributed by atoms with Crippen molar-refractivity contribution in [2.24, 2.45) is 17.8 Å². The number of anilines is 1. The van der Waals surface area contributed by atoms with Crippen LogP contribution in [0.1, 0.15) is 95.4 Å². The standard InChI is InChI=1S/C29H37NO5/c1-28(2,3)35-27(33)30-21-7-5-6-19(14-21)24(18-10-11-18)25-22(31)15-23(34-26(25)32)29(4,20-12-13-20)16-17-8-9-17/h5-7,14-15,17-18,20,24,31H,8-13,16H2,1-4H3,(H,30,33). The fourth-order valence-corrected chi connectivity index (χ4v) is 5.50. The molecule has 35 heavy (non-hydrogen) atoms. The summed E-state index contributed by atoms with van der Waals surface area (Å²) in [5.74, 6) is 1.86. The summed E-state index contributed by atoms with van der Waals surface area (Å²) in [5.41, 5.74) is 0.565. The Labute approximate surface area is 207 Å². The highest BCUT2D eigenvalue weighted by Crippen LogP contribution is 2.55. The number of hydrogen-bond acceptors (Lipinski definition) is 5. The van der Waals surface area contributed by atoms with E-state index in [1.807, 2.05) is 39.0 Å². The summed E-state index contributed by atoms with van der Waals surface area (Å²) in [6, 6.07) is 9.17. The molecule has 0 saturated heterocycles. The van der Waals surface area contributed by atoms with E-state index >= 15 is 0 Å². The predicted molar refractivity (Wildman–Crippen MR) is 135 cm³/mol. The maximum absolute atomic E-state index is 13.4. The Hall–Kier alpha value is -2.76. The molecule has 3 aliphatic rings. The Bertz CT molecular complexity index is 1170. The number of ether oxygens (including phenoxy) is 1. The van der Waals surface area contributed by atoms with E-state index in [0.29, 0.717) is 28.8 Å². The fourth-order valence-electron chi connectivity index (χ4n) is 5.50. The third kappa shape index (κ3) is 5.41. The lowest BCUT2D eigenvalue weighted by molar-refractivity contribution is 0.0636. The third-order valence-corrected chi connectivity index (χ3v) is 7.71. The lowest BCUT2D eigenvalue weighted by Crippen LogP contribution is -2.28. The zero-order valence-corrected chi connectivity index (χ0v) is 21.2. The molecule has 0 bridgehead atoms. The SMILES string of the molecule is CC(C)(C)OC(=O)Nc1cccc(C(c2c(O)cc(C(C)(CC3CC3)C3CC3)oc2=O)C2CC2)c1. The van der Waals surface area contributed by atoms with Crippen molar-refractivity contribution in [2.75, 3.05) is 5.32 Å². The lowest BCUT2D eigenvalue weighted by Gasteiger charge is -2.29. The second-order valence-corrected chi connectivity index (χ2v) is 12.1. The first-order chi connectivity index (χ1) is 16.5. The van der Waals surface area contributed by atoms with Crippen molar-refractivity contribution in [1.82, 2.24) is 0 Å². The van der Waals surface area contributed by atoms with E-state index in [0.717, 1.165) is 37.7 Å². The molecular formula is C29H37NO5. The van der Waals surface area contributed by atoms with Gasteiger partial charge in [-0.05, 0) is 88.3 Å². The molecule has 6 nitrogen and oxygen atoms in total. The van der Waals surface area contributed by atoms with Crippen LogP contribution in [0.2, 0.25) is 0 Å². The number of hydrogen-bond donors (Lipinski definition) is 2. The summed E-state index contributed by atoms with van der Waals surface area (Å²) in [5, 5.41) is 14.0. The molecule has 1 amide bonds. The first-order valence-corrected chi connectivity index (χ1v) is 13.0. The van der Waals surface area contributed by atoms with Crippen molar-refractivity contribution in [3.8, 4) is 5.75 Å². The van der Waals surface area contributed by atoms with Crippen molar-refractivity contribution in [3.63, 3.8) is 0 Å². The van der Waals surface area contributed by atoms with E-state index in [4.69, 9.17) is 9.15 Å². The van der Waals surface area contributed by atoms with Crippen molar-refractivity contribution < 1.29 is 19.1 Å². The molecule has 5 rings (SSSR count). The summed E-state index contributed by atoms with van der Waals surface area (Å²) >= 11 is 0. The molecule has 3 fully saturated rings. The molecule has 188 valence electrons. The zero-order chi connectivity index (χ0) is 25.0. The van der Waals surface area contributed by atoms with Gasteiger partial charge in [-0.15, -0.1) is 0 Å². The molecule has 3 saturated carbocycles. The largest absolute Gasteiger partial charge is 0.507 e. The average molecular weight is 480 g/mol. The van der Waals surface area contributed by atoms with Gasteiger partial charge in [0.15, 0.2) is 0 Å². The van der Waals surface area contributed by atoms with Gasteiger partial charge in [0.25, 0.3) is 0 Å². The quantitative estimate of drug-likeness (QED) is 0.440. The topological polar surface area (TPSA) is 88.8 Å². The predicted octanol–water partition coefficient (Wildman–Crippen LogP) is 6.70. The van der Waals surface area contributed by atoms with Crippen LogP contribution >= 0.6 is 0 Å². The van der Waals surface area contributed by atoms with E-state index in [1.54, 1.807) is 12.1 Å². The first-order valence-electron chi connectivity index (χ1n) is 13.0. The maximum atomic E-state index is 13.4. The van der Waals surface area contributed by atoms with Crippen molar-refractivity contribution in [2.45, 2.75) is 89.6 Å². The van der Waals surface area contributed by atoms with Crippen LogP contribution in [0.4, 0.5) is 10.5 Å². The van der Waals surface area contributed by atoms with Crippen molar-refractivity contribution in [1.29, 1.82) is 0 Å². The normalized spacial score (nSPS) is 20.7. The van der Waals surface area contributed by atoms with E-state index in [-0.39, 0.29) is 23.0 Å². The van der Waals surface area contributed by atoms with Gasteiger partial charge in [0.2, 0.25) is 0 Å². The van der Waals surface area contributed by atoms with Gasteiger partial charge in [-0.3, -0.25) is 5.32 Å². The molecule has 6 heteroatoms. The molecule has 0 radical (unpaired) electrons. The van der Waals surface area contributed by atoms with Crippen LogP contribution in [0.25, 0.3) is 0 Å². The Balaban J connectivity index is 1.45. The van der Waals surface area contributed by atoms with Crippen LogP contribution < -0.4 is 10.9 Å². The highest BCUT2D eigenvalue weighted by Gasteiger charge is 2.48. The molecule has 1 aromatic carbocycles. The minimum absolute atomic E-state index is 0.0290. The molecule has 3 aliphatic carbocycles.